The summed E-state index contributed by atoms with van der Waals surface area (Å²) in [5, 5.41) is 0. The molecule has 0 bridgehead atoms. The van der Waals surface area contributed by atoms with E-state index in [0.29, 0.717) is 11.8 Å². The van der Waals surface area contributed by atoms with Crippen LogP contribution in [0.25, 0.3) is 0 Å². The van der Waals surface area contributed by atoms with Crippen LogP contribution < -0.4 is 9.47 Å². The molecule has 0 radical (unpaired) electrons. The van der Waals surface area contributed by atoms with E-state index in [4.69, 9.17) is 9.47 Å². The van der Waals surface area contributed by atoms with Crippen LogP contribution in [0.1, 0.15) is 162 Å². The maximum Gasteiger partial charge on any atom is 0.122 e. The quantitative estimate of drug-likeness (QED) is 0.207. The van der Waals surface area contributed by atoms with Crippen molar-refractivity contribution in [3.05, 3.63) is 57.6 Å². The van der Waals surface area contributed by atoms with Crippen LogP contribution in [0.5, 0.6) is 11.5 Å². The molecular formula is C36H52O2. The van der Waals surface area contributed by atoms with E-state index in [1.54, 1.807) is 22.3 Å². The topological polar surface area (TPSA) is 18.5 Å². The highest BCUT2D eigenvalue weighted by molar-refractivity contribution is 5.63. The Bertz CT molecular complexity index is 955. The van der Waals surface area contributed by atoms with Crippen LogP contribution in [0.2, 0.25) is 0 Å². The number of rotatable bonds is 16. The molecule has 0 fully saturated rings. The van der Waals surface area contributed by atoms with Crippen LogP contribution in [0, 0.1) is 0 Å². The van der Waals surface area contributed by atoms with Gasteiger partial charge in [-0.15, -0.1) is 0 Å². The fourth-order valence-corrected chi connectivity index (χ4v) is 7.55. The SMILES string of the molecule is CCCCCCCCOc1ccc2c3c1CCC[C@@H]3c1ccc(OCCCCCCCC)c3c1[C@H]2CCC3. The van der Waals surface area contributed by atoms with Gasteiger partial charge in [0.2, 0.25) is 0 Å². The molecule has 0 N–H and O–H groups in total. The molecule has 38 heavy (non-hydrogen) atoms. The van der Waals surface area contributed by atoms with Crippen molar-refractivity contribution in [2.45, 2.75) is 141 Å². The van der Waals surface area contributed by atoms with Gasteiger partial charge in [0.15, 0.2) is 0 Å². The molecule has 2 heteroatoms. The van der Waals surface area contributed by atoms with Crippen molar-refractivity contribution in [3.8, 4) is 11.5 Å². The zero-order valence-corrected chi connectivity index (χ0v) is 24.4. The van der Waals surface area contributed by atoms with Gasteiger partial charge in [-0.25, -0.2) is 0 Å². The lowest BCUT2D eigenvalue weighted by Crippen LogP contribution is -2.27. The van der Waals surface area contributed by atoms with E-state index in [-0.39, 0.29) is 0 Å². The van der Waals surface area contributed by atoms with Crippen LogP contribution in [-0.4, -0.2) is 13.2 Å². The minimum Gasteiger partial charge on any atom is -0.493 e. The number of hydrogen-bond acceptors (Lipinski definition) is 2. The lowest BCUT2D eigenvalue weighted by molar-refractivity contribution is 0.297. The average molecular weight is 517 g/mol. The summed E-state index contributed by atoms with van der Waals surface area (Å²) in [6.45, 7) is 6.31. The monoisotopic (exact) mass is 516 g/mol. The van der Waals surface area contributed by atoms with Crippen molar-refractivity contribution in [1.29, 1.82) is 0 Å². The fraction of sp³-hybridized carbons (Fsp3) is 0.667. The minimum atomic E-state index is 0.544. The van der Waals surface area contributed by atoms with E-state index >= 15 is 0 Å². The normalized spacial score (nSPS) is 19.1. The molecule has 0 amide bonds. The molecule has 0 unspecified atom stereocenters. The van der Waals surface area contributed by atoms with Crippen LogP contribution in [0.3, 0.4) is 0 Å². The Morgan fingerprint density at radius 2 is 0.974 bits per heavy atom. The zero-order chi connectivity index (χ0) is 26.2. The van der Waals surface area contributed by atoms with E-state index in [1.807, 2.05) is 0 Å². The van der Waals surface area contributed by atoms with Gasteiger partial charge in [0, 0.05) is 11.8 Å². The maximum absolute atomic E-state index is 6.46. The lowest BCUT2D eigenvalue weighted by atomic mass is 9.63. The molecule has 3 aliphatic carbocycles. The molecule has 2 aromatic rings. The van der Waals surface area contributed by atoms with Gasteiger partial charge in [0.1, 0.15) is 11.5 Å². The fourth-order valence-electron chi connectivity index (χ4n) is 7.55. The summed E-state index contributed by atoms with van der Waals surface area (Å²) in [6, 6.07) is 9.54. The van der Waals surface area contributed by atoms with Crippen molar-refractivity contribution >= 4 is 0 Å². The standard InChI is InChI=1S/C36H52O2/c1-3-5-7-9-11-13-25-37-33-23-21-29-28-18-16-20-32-34(38-26-14-12-10-8-6-4-2)24-22-30(36(28)32)27-17-15-19-31(33)35(27)29/h21-24,27-28H,3-20,25-26H2,1-2H3/t27-,28+. The second kappa shape index (κ2) is 13.9. The molecule has 0 spiro atoms. The first-order chi connectivity index (χ1) is 18.8. The third kappa shape index (κ3) is 6.10. The molecule has 0 aliphatic heterocycles. The molecule has 2 aromatic carbocycles. The number of ether oxygens (including phenoxy) is 2. The molecule has 0 saturated heterocycles. The minimum absolute atomic E-state index is 0.544. The number of unbranched alkanes of at least 4 members (excludes halogenated alkanes) is 10. The zero-order valence-electron chi connectivity index (χ0n) is 24.4. The van der Waals surface area contributed by atoms with Crippen LogP contribution in [0.15, 0.2) is 24.3 Å². The summed E-state index contributed by atoms with van der Waals surface area (Å²) in [7, 11) is 0. The molecule has 0 heterocycles. The number of hydrogen-bond donors (Lipinski definition) is 0. The summed E-state index contributed by atoms with van der Waals surface area (Å²) in [5.41, 5.74) is 9.57. The first-order valence-electron chi connectivity index (χ1n) is 16.4. The lowest BCUT2D eigenvalue weighted by Gasteiger charge is -2.42. The Morgan fingerprint density at radius 1 is 0.553 bits per heavy atom. The van der Waals surface area contributed by atoms with Crippen molar-refractivity contribution in [3.63, 3.8) is 0 Å². The summed E-state index contributed by atoms with van der Waals surface area (Å²) in [5.74, 6) is 3.45. The van der Waals surface area contributed by atoms with Gasteiger partial charge in [-0.1, -0.05) is 90.2 Å². The summed E-state index contributed by atoms with van der Waals surface area (Å²) in [4.78, 5) is 0. The molecule has 3 aliphatic rings. The van der Waals surface area contributed by atoms with Crippen molar-refractivity contribution in [1.82, 2.24) is 0 Å². The highest BCUT2D eigenvalue weighted by atomic mass is 16.5. The summed E-state index contributed by atoms with van der Waals surface area (Å²) in [6.07, 6.45) is 23.2. The van der Waals surface area contributed by atoms with Crippen LogP contribution in [-0.2, 0) is 12.8 Å². The third-order valence-corrected chi connectivity index (χ3v) is 9.49. The highest BCUT2D eigenvalue weighted by Crippen LogP contribution is 2.55. The van der Waals surface area contributed by atoms with Crippen molar-refractivity contribution < 1.29 is 9.47 Å². The third-order valence-electron chi connectivity index (χ3n) is 9.49. The Kier molecular flexibility index (Phi) is 10.1. The summed E-state index contributed by atoms with van der Waals surface area (Å²) >= 11 is 0. The van der Waals surface area contributed by atoms with Gasteiger partial charge < -0.3 is 9.47 Å². The smallest absolute Gasteiger partial charge is 0.122 e. The van der Waals surface area contributed by atoms with E-state index in [2.05, 4.69) is 38.1 Å². The van der Waals surface area contributed by atoms with Gasteiger partial charge in [-0.3, -0.25) is 0 Å². The van der Waals surface area contributed by atoms with E-state index in [1.165, 1.54) is 138 Å². The first-order valence-corrected chi connectivity index (χ1v) is 16.4. The molecule has 2 nitrogen and oxygen atoms in total. The van der Waals surface area contributed by atoms with Crippen LogP contribution in [0.4, 0.5) is 0 Å². The van der Waals surface area contributed by atoms with E-state index in [0.717, 1.165) is 13.2 Å². The molecule has 0 aromatic heterocycles. The summed E-state index contributed by atoms with van der Waals surface area (Å²) < 4.78 is 12.9. The second-order valence-corrected chi connectivity index (χ2v) is 12.2. The second-order valence-electron chi connectivity index (χ2n) is 12.2. The predicted octanol–water partition coefficient (Wildman–Crippen LogP) is 10.4. The highest BCUT2D eigenvalue weighted by Gasteiger charge is 2.39. The maximum atomic E-state index is 6.46. The Morgan fingerprint density at radius 3 is 1.42 bits per heavy atom. The predicted molar refractivity (Wildman–Crippen MR) is 160 cm³/mol. The largest absolute Gasteiger partial charge is 0.493 e. The van der Waals surface area contributed by atoms with Gasteiger partial charge >= 0.3 is 0 Å². The van der Waals surface area contributed by atoms with Crippen molar-refractivity contribution in [2.24, 2.45) is 0 Å². The molecule has 5 rings (SSSR count). The van der Waals surface area contributed by atoms with Gasteiger partial charge in [0.25, 0.3) is 0 Å². The average Bonchev–Trinajstić information content (AvgIpc) is 2.95. The molecule has 2 atom stereocenters. The number of fused-ring (bicyclic) bond motifs is 2. The van der Waals surface area contributed by atoms with E-state index < -0.39 is 0 Å². The Balaban J connectivity index is 1.29. The van der Waals surface area contributed by atoms with E-state index in [9.17, 15) is 0 Å². The van der Waals surface area contributed by atoms with Gasteiger partial charge in [0.05, 0.1) is 13.2 Å². The molecular weight excluding hydrogens is 464 g/mol. The van der Waals surface area contributed by atoms with Gasteiger partial charge in [-0.2, -0.15) is 0 Å². The van der Waals surface area contributed by atoms with Crippen molar-refractivity contribution in [2.75, 3.05) is 13.2 Å². The Labute approximate surface area is 232 Å². The number of benzene rings is 2. The Hall–Kier alpha value is -1.96. The molecule has 208 valence electrons. The first kappa shape index (κ1) is 27.6. The van der Waals surface area contributed by atoms with Gasteiger partial charge in [-0.05, 0) is 96.9 Å². The molecule has 0 saturated carbocycles. The van der Waals surface area contributed by atoms with Crippen LogP contribution >= 0.6 is 0 Å².